The van der Waals surface area contributed by atoms with Crippen LogP contribution in [0.15, 0.2) is 24.3 Å². The summed E-state index contributed by atoms with van der Waals surface area (Å²) in [5.41, 5.74) is 2.61. The average molecular weight is 262 g/mol. The molecule has 1 aromatic rings. The number of carbonyl (C=O) groups is 1. The molecule has 1 aliphatic rings. The molecule has 5 heteroatoms. The maximum Gasteiger partial charge on any atom is 0.411 e. The molecule has 0 fully saturated rings. The Morgan fingerprint density at radius 1 is 1.42 bits per heavy atom. The minimum absolute atomic E-state index is 0.188. The molecule has 1 aliphatic heterocycles. The number of benzene rings is 1. The van der Waals surface area contributed by atoms with Gasteiger partial charge in [-0.2, -0.15) is 0 Å². The molecular weight excluding hydrogens is 244 g/mol. The van der Waals surface area contributed by atoms with Gasteiger partial charge < -0.3 is 14.8 Å². The van der Waals surface area contributed by atoms with Crippen LogP contribution in [0.25, 0.3) is 5.70 Å². The molecule has 0 saturated heterocycles. The van der Waals surface area contributed by atoms with Crippen LogP contribution in [0, 0.1) is 0 Å². The summed E-state index contributed by atoms with van der Waals surface area (Å²) in [6.07, 6.45) is 2.44. The van der Waals surface area contributed by atoms with E-state index in [0.29, 0.717) is 0 Å². The van der Waals surface area contributed by atoms with E-state index in [0.717, 1.165) is 29.1 Å². The van der Waals surface area contributed by atoms with Gasteiger partial charge in [-0.1, -0.05) is 6.92 Å². The van der Waals surface area contributed by atoms with Crippen molar-refractivity contribution < 1.29 is 14.3 Å². The minimum atomic E-state index is -0.475. The van der Waals surface area contributed by atoms with E-state index in [1.54, 1.807) is 7.11 Å². The summed E-state index contributed by atoms with van der Waals surface area (Å²) < 4.78 is 9.87. The molecular formula is C14H18N2O3. The number of rotatable bonds is 3. The molecule has 19 heavy (non-hydrogen) atoms. The van der Waals surface area contributed by atoms with Gasteiger partial charge in [-0.15, -0.1) is 0 Å². The first-order chi connectivity index (χ1) is 9.17. The molecule has 0 aliphatic carbocycles. The molecule has 2 rings (SSSR count). The quantitative estimate of drug-likeness (QED) is 0.879. The lowest BCUT2D eigenvalue weighted by atomic mass is 10.0. The summed E-state index contributed by atoms with van der Waals surface area (Å²) >= 11 is 0. The maximum atomic E-state index is 11.4. The van der Waals surface area contributed by atoms with E-state index in [4.69, 9.17) is 4.74 Å². The maximum absolute atomic E-state index is 11.4. The Hall–Kier alpha value is -2.17. The van der Waals surface area contributed by atoms with Crippen LogP contribution in [-0.4, -0.2) is 26.4 Å². The zero-order valence-electron chi connectivity index (χ0n) is 11.3. The fraction of sp³-hybridized carbons (Fsp3) is 0.357. The summed E-state index contributed by atoms with van der Waals surface area (Å²) in [5.74, 6) is 0.744. The van der Waals surface area contributed by atoms with E-state index in [-0.39, 0.29) is 6.04 Å². The highest BCUT2D eigenvalue weighted by atomic mass is 16.5. The van der Waals surface area contributed by atoms with Gasteiger partial charge in [0.1, 0.15) is 5.75 Å². The second kappa shape index (κ2) is 5.65. The van der Waals surface area contributed by atoms with Crippen molar-refractivity contribution in [3.8, 4) is 5.75 Å². The van der Waals surface area contributed by atoms with E-state index in [1.807, 2.05) is 24.3 Å². The molecule has 0 unspecified atom stereocenters. The van der Waals surface area contributed by atoms with Gasteiger partial charge in [-0.05, 0) is 30.7 Å². The molecule has 0 bridgehead atoms. The highest BCUT2D eigenvalue weighted by Crippen LogP contribution is 2.32. The lowest BCUT2D eigenvalue weighted by Crippen LogP contribution is -2.28. The van der Waals surface area contributed by atoms with Gasteiger partial charge in [0.25, 0.3) is 0 Å². The standard InChI is InChI=1S/C14H18N2O3/c1-4-9-7-13(16-14(17)19-3)11-8-10(18-2)5-6-12(11)15-9/h5-9,15H,4H2,1-3H3,(H,16,17)/t9-/m0/s1. The fourth-order valence-electron chi connectivity index (χ4n) is 2.02. The Balaban J connectivity index is 2.38. The predicted molar refractivity (Wildman–Crippen MR) is 74.2 cm³/mol. The number of hydrogen-bond acceptors (Lipinski definition) is 4. The van der Waals surface area contributed by atoms with Crippen molar-refractivity contribution in [3.63, 3.8) is 0 Å². The molecule has 0 spiro atoms. The van der Waals surface area contributed by atoms with Crippen molar-refractivity contribution in [3.05, 3.63) is 29.8 Å². The van der Waals surface area contributed by atoms with Crippen molar-refractivity contribution in [2.75, 3.05) is 19.5 Å². The van der Waals surface area contributed by atoms with Crippen LogP contribution < -0.4 is 15.4 Å². The third-order valence-corrected chi connectivity index (χ3v) is 3.09. The largest absolute Gasteiger partial charge is 0.497 e. The highest BCUT2D eigenvalue weighted by Gasteiger charge is 2.20. The van der Waals surface area contributed by atoms with Crippen LogP contribution >= 0.6 is 0 Å². The summed E-state index contributed by atoms with van der Waals surface area (Å²) in [5, 5.41) is 6.14. The SMILES string of the molecule is CC[C@H]1C=C(NC(=O)OC)c2cc(OC)ccc2N1. The van der Waals surface area contributed by atoms with Gasteiger partial charge in [0.15, 0.2) is 0 Å². The zero-order chi connectivity index (χ0) is 13.8. The molecule has 0 aromatic heterocycles. The minimum Gasteiger partial charge on any atom is -0.497 e. The Morgan fingerprint density at radius 3 is 2.84 bits per heavy atom. The number of fused-ring (bicyclic) bond motifs is 1. The van der Waals surface area contributed by atoms with E-state index in [1.165, 1.54) is 7.11 Å². The zero-order valence-corrected chi connectivity index (χ0v) is 11.3. The first-order valence-electron chi connectivity index (χ1n) is 6.19. The van der Waals surface area contributed by atoms with Gasteiger partial charge in [-0.25, -0.2) is 4.79 Å². The Labute approximate surface area is 112 Å². The normalized spacial score (nSPS) is 16.8. The van der Waals surface area contributed by atoms with Crippen molar-refractivity contribution in [1.29, 1.82) is 0 Å². The van der Waals surface area contributed by atoms with Crippen LogP contribution in [-0.2, 0) is 4.74 Å². The first-order valence-corrected chi connectivity index (χ1v) is 6.19. The Morgan fingerprint density at radius 2 is 2.21 bits per heavy atom. The van der Waals surface area contributed by atoms with E-state index >= 15 is 0 Å². The molecule has 0 saturated carbocycles. The van der Waals surface area contributed by atoms with Gasteiger partial charge in [0.05, 0.1) is 19.9 Å². The summed E-state index contributed by atoms with van der Waals surface area (Å²) in [4.78, 5) is 11.4. The number of nitrogens with one attached hydrogen (secondary N) is 2. The van der Waals surface area contributed by atoms with E-state index in [9.17, 15) is 4.79 Å². The van der Waals surface area contributed by atoms with Gasteiger partial charge in [-0.3, -0.25) is 5.32 Å². The molecule has 0 radical (unpaired) electrons. The molecule has 5 nitrogen and oxygen atoms in total. The van der Waals surface area contributed by atoms with Crippen LogP contribution in [0.5, 0.6) is 5.75 Å². The molecule has 102 valence electrons. The average Bonchev–Trinajstić information content (AvgIpc) is 2.46. The fourth-order valence-corrected chi connectivity index (χ4v) is 2.02. The lowest BCUT2D eigenvalue weighted by Gasteiger charge is -2.26. The van der Waals surface area contributed by atoms with Crippen LogP contribution in [0.3, 0.4) is 0 Å². The second-order valence-corrected chi connectivity index (χ2v) is 4.27. The number of anilines is 1. The highest BCUT2D eigenvalue weighted by molar-refractivity contribution is 5.88. The van der Waals surface area contributed by atoms with Gasteiger partial charge in [0.2, 0.25) is 0 Å². The number of alkyl carbamates (subject to hydrolysis) is 1. The van der Waals surface area contributed by atoms with Gasteiger partial charge >= 0.3 is 6.09 Å². The number of carbonyl (C=O) groups excluding carboxylic acids is 1. The van der Waals surface area contributed by atoms with Crippen molar-refractivity contribution >= 4 is 17.5 Å². The lowest BCUT2D eigenvalue weighted by molar-refractivity contribution is 0.176. The second-order valence-electron chi connectivity index (χ2n) is 4.27. The topological polar surface area (TPSA) is 59.6 Å². The smallest absolute Gasteiger partial charge is 0.411 e. The third kappa shape index (κ3) is 2.81. The number of ether oxygens (including phenoxy) is 2. The third-order valence-electron chi connectivity index (χ3n) is 3.09. The van der Waals surface area contributed by atoms with Crippen LogP contribution in [0.1, 0.15) is 18.9 Å². The number of methoxy groups -OCH3 is 2. The van der Waals surface area contributed by atoms with Crippen LogP contribution in [0.4, 0.5) is 10.5 Å². The molecule has 1 amide bonds. The first kappa shape index (κ1) is 13.3. The summed E-state index contributed by atoms with van der Waals surface area (Å²) in [6.45, 7) is 2.08. The van der Waals surface area contributed by atoms with Crippen molar-refractivity contribution in [1.82, 2.24) is 5.32 Å². The van der Waals surface area contributed by atoms with E-state index < -0.39 is 6.09 Å². The number of hydrogen-bond donors (Lipinski definition) is 2. The number of amides is 1. The van der Waals surface area contributed by atoms with Gasteiger partial charge in [0, 0.05) is 17.3 Å². The van der Waals surface area contributed by atoms with E-state index in [2.05, 4.69) is 22.3 Å². The molecule has 2 N–H and O–H groups in total. The molecule has 1 aromatic carbocycles. The molecule has 1 atom stereocenters. The summed E-state index contributed by atoms with van der Waals surface area (Å²) in [6, 6.07) is 5.91. The monoisotopic (exact) mass is 262 g/mol. The van der Waals surface area contributed by atoms with Crippen molar-refractivity contribution in [2.45, 2.75) is 19.4 Å². The van der Waals surface area contributed by atoms with Crippen molar-refractivity contribution in [2.24, 2.45) is 0 Å². The predicted octanol–water partition coefficient (Wildman–Crippen LogP) is 2.60. The summed E-state index contributed by atoms with van der Waals surface area (Å²) in [7, 11) is 2.96. The molecule has 1 heterocycles. The Bertz CT molecular complexity index is 511. The Kier molecular flexibility index (Phi) is 3.94. The van der Waals surface area contributed by atoms with Crippen LogP contribution in [0.2, 0.25) is 0 Å².